The van der Waals surface area contributed by atoms with Crippen LogP contribution in [0.4, 0.5) is 0 Å². The molecule has 1 heterocycles. The maximum Gasteiger partial charge on any atom is 0.258 e. The van der Waals surface area contributed by atoms with Gasteiger partial charge in [0.2, 0.25) is 0 Å². The topological polar surface area (TPSA) is 66.5 Å². The standard InChI is InChI=1S/C8H16N2O3S/c1-6(9-4)5-10-7(11)8(2,3)14(10,12)13/h6,9H,5H2,1-4H3. The minimum atomic E-state index is -3.41. The van der Waals surface area contributed by atoms with E-state index in [1.54, 1.807) is 7.05 Å². The van der Waals surface area contributed by atoms with E-state index >= 15 is 0 Å². The van der Waals surface area contributed by atoms with Gasteiger partial charge in [-0.15, -0.1) is 0 Å². The fourth-order valence-corrected chi connectivity index (χ4v) is 2.89. The minimum absolute atomic E-state index is 0.0233. The van der Waals surface area contributed by atoms with Gasteiger partial charge in [-0.1, -0.05) is 0 Å². The molecule has 0 aromatic carbocycles. The Kier molecular flexibility index (Phi) is 2.62. The largest absolute Gasteiger partial charge is 0.315 e. The van der Waals surface area contributed by atoms with Crippen molar-refractivity contribution in [2.45, 2.75) is 31.6 Å². The van der Waals surface area contributed by atoms with E-state index in [9.17, 15) is 13.2 Å². The molecule has 0 spiro atoms. The number of nitrogens with zero attached hydrogens (tertiary/aromatic N) is 1. The van der Waals surface area contributed by atoms with Gasteiger partial charge in [0.25, 0.3) is 15.9 Å². The van der Waals surface area contributed by atoms with Crippen LogP contribution in [0.15, 0.2) is 0 Å². The molecule has 1 aliphatic heterocycles. The van der Waals surface area contributed by atoms with Crippen LogP contribution in [0.5, 0.6) is 0 Å². The van der Waals surface area contributed by atoms with Gasteiger partial charge in [0.05, 0.1) is 6.54 Å². The van der Waals surface area contributed by atoms with Crippen molar-refractivity contribution >= 4 is 15.9 Å². The summed E-state index contributed by atoms with van der Waals surface area (Å²) in [6, 6.07) is -0.0233. The smallest absolute Gasteiger partial charge is 0.258 e. The SMILES string of the molecule is CNC(C)CN1C(=O)C(C)(C)S1(=O)=O. The molecule has 1 fully saturated rings. The van der Waals surface area contributed by atoms with Crippen LogP contribution in [0.3, 0.4) is 0 Å². The first-order valence-corrected chi connectivity index (χ1v) is 5.93. The molecule has 0 aromatic rings. The molecule has 1 saturated heterocycles. The van der Waals surface area contributed by atoms with E-state index in [2.05, 4.69) is 5.32 Å². The molecule has 1 rings (SSSR count). The van der Waals surface area contributed by atoms with E-state index in [0.717, 1.165) is 4.31 Å². The van der Waals surface area contributed by atoms with Gasteiger partial charge in [-0.05, 0) is 27.8 Å². The van der Waals surface area contributed by atoms with Crippen LogP contribution < -0.4 is 5.32 Å². The summed E-state index contributed by atoms with van der Waals surface area (Å²) >= 11 is 0. The zero-order valence-electron chi connectivity index (χ0n) is 8.86. The van der Waals surface area contributed by atoms with Crippen LogP contribution in [0, 0.1) is 0 Å². The summed E-state index contributed by atoms with van der Waals surface area (Å²) in [4.78, 5) is 11.5. The first-order valence-electron chi connectivity index (χ1n) is 4.49. The summed E-state index contributed by atoms with van der Waals surface area (Å²) in [5.74, 6) is -0.320. The van der Waals surface area contributed by atoms with Crippen molar-refractivity contribution in [1.29, 1.82) is 0 Å². The molecule has 82 valence electrons. The highest BCUT2D eigenvalue weighted by Gasteiger charge is 2.59. The molecule has 0 bridgehead atoms. The molecule has 6 heteroatoms. The molecule has 0 aromatic heterocycles. The summed E-state index contributed by atoms with van der Waals surface area (Å²) in [6.07, 6.45) is 0. The van der Waals surface area contributed by atoms with Crippen LogP contribution in [-0.2, 0) is 14.8 Å². The Labute approximate surface area is 84.5 Å². The molecule has 14 heavy (non-hydrogen) atoms. The van der Waals surface area contributed by atoms with E-state index < -0.39 is 14.8 Å². The lowest BCUT2D eigenvalue weighted by molar-refractivity contribution is -0.132. The van der Waals surface area contributed by atoms with Crippen molar-refractivity contribution in [3.05, 3.63) is 0 Å². The molecule has 1 atom stereocenters. The summed E-state index contributed by atoms with van der Waals surface area (Å²) in [5, 5.41) is 2.89. The van der Waals surface area contributed by atoms with Crippen molar-refractivity contribution < 1.29 is 13.2 Å². The van der Waals surface area contributed by atoms with Gasteiger partial charge < -0.3 is 5.32 Å². The molecule has 1 unspecified atom stereocenters. The first kappa shape index (κ1) is 11.5. The molecule has 5 nitrogen and oxygen atoms in total. The average Bonchev–Trinajstić information content (AvgIpc) is 2.12. The molecular formula is C8H16N2O3S. The molecule has 0 saturated carbocycles. The lowest BCUT2D eigenvalue weighted by Crippen LogP contribution is -2.68. The Morgan fingerprint density at radius 3 is 2.36 bits per heavy atom. The maximum atomic E-state index is 11.6. The van der Waals surface area contributed by atoms with Gasteiger partial charge in [0.15, 0.2) is 4.75 Å². The van der Waals surface area contributed by atoms with E-state index in [1.807, 2.05) is 6.92 Å². The zero-order valence-corrected chi connectivity index (χ0v) is 9.68. The summed E-state index contributed by atoms with van der Waals surface area (Å²) in [5.41, 5.74) is 0. The Hall–Kier alpha value is -0.620. The van der Waals surface area contributed by atoms with Gasteiger partial charge in [-0.25, -0.2) is 12.7 Å². The Bertz CT molecular complexity index is 348. The number of nitrogens with one attached hydrogen (secondary N) is 1. The minimum Gasteiger partial charge on any atom is -0.315 e. The molecule has 0 radical (unpaired) electrons. The maximum absolute atomic E-state index is 11.6. The first-order chi connectivity index (χ1) is 6.25. The van der Waals surface area contributed by atoms with E-state index in [-0.39, 0.29) is 18.5 Å². The molecule has 1 amide bonds. The molecule has 1 aliphatic rings. The van der Waals surface area contributed by atoms with Gasteiger partial charge in [-0.3, -0.25) is 4.79 Å². The van der Waals surface area contributed by atoms with Crippen molar-refractivity contribution in [2.24, 2.45) is 0 Å². The number of hydrogen-bond donors (Lipinski definition) is 1. The highest BCUT2D eigenvalue weighted by atomic mass is 32.2. The highest BCUT2D eigenvalue weighted by molar-refractivity contribution is 7.94. The van der Waals surface area contributed by atoms with Gasteiger partial charge >= 0.3 is 0 Å². The zero-order chi connectivity index (χ0) is 11.1. The number of sulfonamides is 1. The predicted octanol–water partition coefficient (Wildman–Crippen LogP) is -0.455. The fraction of sp³-hybridized carbons (Fsp3) is 0.875. The van der Waals surface area contributed by atoms with E-state index in [0.29, 0.717) is 0 Å². The second-order valence-corrected chi connectivity index (χ2v) is 6.45. The summed E-state index contributed by atoms with van der Waals surface area (Å²) in [6.45, 7) is 4.91. The second-order valence-electron chi connectivity index (χ2n) is 4.04. The van der Waals surface area contributed by atoms with E-state index in [1.165, 1.54) is 13.8 Å². The number of carbonyl (C=O) groups excluding carboxylic acids is 1. The molecular weight excluding hydrogens is 204 g/mol. The van der Waals surface area contributed by atoms with Crippen molar-refractivity contribution in [2.75, 3.05) is 13.6 Å². The highest BCUT2D eigenvalue weighted by Crippen LogP contribution is 2.34. The van der Waals surface area contributed by atoms with Crippen LogP contribution in [0.25, 0.3) is 0 Å². The third-order valence-electron chi connectivity index (χ3n) is 2.61. The van der Waals surface area contributed by atoms with Crippen LogP contribution in [-0.4, -0.2) is 43.0 Å². The van der Waals surface area contributed by atoms with Crippen LogP contribution in [0.1, 0.15) is 20.8 Å². The third kappa shape index (κ3) is 1.33. The van der Waals surface area contributed by atoms with Crippen molar-refractivity contribution in [3.8, 4) is 0 Å². The predicted molar refractivity (Wildman–Crippen MR) is 53.2 cm³/mol. The lowest BCUT2D eigenvalue weighted by atomic mass is 10.2. The van der Waals surface area contributed by atoms with E-state index in [4.69, 9.17) is 0 Å². The van der Waals surface area contributed by atoms with Crippen molar-refractivity contribution in [1.82, 2.24) is 9.62 Å². The molecule has 1 N–H and O–H groups in total. The number of hydrogen-bond acceptors (Lipinski definition) is 4. The van der Waals surface area contributed by atoms with Crippen LogP contribution >= 0.6 is 0 Å². The summed E-state index contributed by atoms with van der Waals surface area (Å²) < 4.78 is 22.9. The van der Waals surface area contributed by atoms with Crippen molar-refractivity contribution in [3.63, 3.8) is 0 Å². The second kappa shape index (κ2) is 3.20. The fourth-order valence-electron chi connectivity index (χ4n) is 1.28. The number of likely N-dealkylation sites (N-methyl/N-ethyl adjacent to an activating group) is 1. The third-order valence-corrected chi connectivity index (χ3v) is 4.97. The quantitative estimate of drug-likeness (QED) is 0.699. The Morgan fingerprint density at radius 2 is 2.00 bits per heavy atom. The number of carbonyl (C=O) groups is 1. The summed E-state index contributed by atoms with van der Waals surface area (Å²) in [7, 11) is -1.68. The van der Waals surface area contributed by atoms with Gasteiger partial charge in [0.1, 0.15) is 0 Å². The average molecular weight is 220 g/mol. The number of amides is 1. The van der Waals surface area contributed by atoms with Gasteiger partial charge in [0, 0.05) is 6.04 Å². The molecule has 0 aliphatic carbocycles. The Balaban J connectivity index is 2.82. The Morgan fingerprint density at radius 1 is 1.50 bits per heavy atom. The van der Waals surface area contributed by atoms with Crippen LogP contribution in [0.2, 0.25) is 0 Å². The lowest BCUT2D eigenvalue weighted by Gasteiger charge is -2.43. The number of rotatable bonds is 3. The normalized spacial score (nSPS) is 25.7. The monoisotopic (exact) mass is 220 g/mol. The van der Waals surface area contributed by atoms with Gasteiger partial charge in [-0.2, -0.15) is 0 Å².